The van der Waals surface area contributed by atoms with Crippen LogP contribution in [0.2, 0.25) is 5.02 Å². The number of thioether (sulfide) groups is 1. The number of nitrogens with zero attached hydrogens (tertiary/aromatic N) is 1. The lowest BCUT2D eigenvalue weighted by atomic mass is 10.0. The van der Waals surface area contributed by atoms with Crippen LogP contribution in [0.1, 0.15) is 16.7 Å². The number of hydrogen-bond acceptors (Lipinski definition) is 4. The Hall–Kier alpha value is -3.06. The molecule has 2 amide bonds. The average Bonchev–Trinajstić information content (AvgIpc) is 3.13. The van der Waals surface area contributed by atoms with Crippen molar-refractivity contribution >= 4 is 67.3 Å². The molecule has 0 saturated carbocycles. The summed E-state index contributed by atoms with van der Waals surface area (Å²) in [5.41, 5.74) is 2.63. The van der Waals surface area contributed by atoms with E-state index in [1.54, 1.807) is 6.08 Å². The summed E-state index contributed by atoms with van der Waals surface area (Å²) >= 11 is 10.4. The maximum Gasteiger partial charge on any atom is 0.293 e. The van der Waals surface area contributed by atoms with Gasteiger partial charge in [0.1, 0.15) is 12.4 Å². The Morgan fingerprint density at radius 1 is 0.886 bits per heavy atom. The minimum atomic E-state index is -0.306. The number of imide groups is 1. The molecular weight excluding hydrogens is 546 g/mol. The smallest absolute Gasteiger partial charge is 0.293 e. The fraction of sp³-hybridized carbons (Fsp3) is 0.0714. The summed E-state index contributed by atoms with van der Waals surface area (Å²) in [6.45, 7) is 0.576. The lowest BCUT2D eigenvalue weighted by molar-refractivity contribution is -0.123. The van der Waals surface area contributed by atoms with Crippen LogP contribution >= 0.6 is 39.3 Å². The Kier molecular flexibility index (Phi) is 6.95. The molecule has 1 saturated heterocycles. The molecule has 0 radical (unpaired) electrons. The molecule has 1 aliphatic rings. The third-order valence-corrected chi connectivity index (χ3v) is 7.33. The monoisotopic (exact) mass is 563 g/mol. The molecule has 0 N–H and O–H groups in total. The Balaban J connectivity index is 1.46. The lowest BCUT2D eigenvalue weighted by Crippen LogP contribution is -2.27. The lowest BCUT2D eigenvalue weighted by Gasteiger charge is -2.14. The summed E-state index contributed by atoms with van der Waals surface area (Å²) in [4.78, 5) is 27.6. The van der Waals surface area contributed by atoms with Crippen LogP contribution in [0.25, 0.3) is 16.8 Å². The van der Waals surface area contributed by atoms with Gasteiger partial charge >= 0.3 is 0 Å². The molecule has 4 nitrogen and oxygen atoms in total. The maximum absolute atomic E-state index is 13.2. The van der Waals surface area contributed by atoms with E-state index in [0.29, 0.717) is 22.3 Å². The number of hydrogen-bond donors (Lipinski definition) is 0. The highest BCUT2D eigenvalue weighted by molar-refractivity contribution is 9.10. The minimum absolute atomic E-state index is 0.227. The number of fused-ring (bicyclic) bond motifs is 1. The van der Waals surface area contributed by atoms with Crippen LogP contribution in [-0.4, -0.2) is 16.0 Å². The predicted octanol–water partition coefficient (Wildman–Crippen LogP) is 8.07. The quantitative estimate of drug-likeness (QED) is 0.222. The van der Waals surface area contributed by atoms with E-state index < -0.39 is 0 Å². The number of rotatable bonds is 6. The first kappa shape index (κ1) is 23.7. The Morgan fingerprint density at radius 3 is 2.37 bits per heavy atom. The van der Waals surface area contributed by atoms with Crippen molar-refractivity contribution < 1.29 is 14.3 Å². The number of carbonyl (C=O) groups excluding carboxylic acids is 2. The number of ether oxygens (including phenoxy) is 1. The topological polar surface area (TPSA) is 46.6 Å². The van der Waals surface area contributed by atoms with Gasteiger partial charge in [-0.1, -0.05) is 82.1 Å². The normalized spacial score (nSPS) is 14.8. The second-order valence-electron chi connectivity index (χ2n) is 8.01. The molecule has 0 bridgehead atoms. The van der Waals surface area contributed by atoms with Gasteiger partial charge in [-0.15, -0.1) is 0 Å². The highest BCUT2D eigenvalue weighted by Gasteiger charge is 2.35. The van der Waals surface area contributed by atoms with Crippen molar-refractivity contribution in [1.82, 2.24) is 4.90 Å². The molecule has 7 heteroatoms. The van der Waals surface area contributed by atoms with Crippen LogP contribution in [-0.2, 0) is 17.9 Å². The zero-order valence-electron chi connectivity index (χ0n) is 18.4. The van der Waals surface area contributed by atoms with Crippen LogP contribution in [0.5, 0.6) is 5.75 Å². The standard InChI is InChI=1S/C28H19BrClNO3S/c29-21-10-5-18(6-11-21)16-31-27(32)26(35-28(31)33)15-24-23-4-2-1-3-20(23)9-14-25(24)34-17-19-7-12-22(30)13-8-19/h1-15H,16-17H2/b26-15+. The van der Waals surface area contributed by atoms with Gasteiger partial charge in [0, 0.05) is 15.1 Å². The summed E-state index contributed by atoms with van der Waals surface area (Å²) < 4.78 is 7.11. The summed E-state index contributed by atoms with van der Waals surface area (Å²) in [6.07, 6.45) is 1.77. The third-order valence-electron chi connectivity index (χ3n) is 5.64. The van der Waals surface area contributed by atoms with E-state index in [9.17, 15) is 9.59 Å². The van der Waals surface area contributed by atoms with E-state index in [-0.39, 0.29) is 17.7 Å². The van der Waals surface area contributed by atoms with Gasteiger partial charge in [-0.3, -0.25) is 14.5 Å². The highest BCUT2D eigenvalue weighted by atomic mass is 79.9. The first-order valence-corrected chi connectivity index (χ1v) is 12.9. The Bertz CT molecular complexity index is 1450. The van der Waals surface area contributed by atoms with Crippen molar-refractivity contribution in [1.29, 1.82) is 0 Å². The molecule has 1 heterocycles. The fourth-order valence-electron chi connectivity index (χ4n) is 3.83. The van der Waals surface area contributed by atoms with E-state index in [2.05, 4.69) is 15.9 Å². The zero-order chi connectivity index (χ0) is 24.4. The number of benzene rings is 4. The summed E-state index contributed by atoms with van der Waals surface area (Å²) in [7, 11) is 0. The van der Waals surface area contributed by atoms with Crippen LogP contribution in [0.4, 0.5) is 4.79 Å². The van der Waals surface area contributed by atoms with Crippen molar-refractivity contribution in [2.75, 3.05) is 0 Å². The van der Waals surface area contributed by atoms with Gasteiger partial charge in [0.25, 0.3) is 11.1 Å². The molecule has 0 aromatic heterocycles. The highest BCUT2D eigenvalue weighted by Crippen LogP contribution is 2.37. The average molecular weight is 565 g/mol. The zero-order valence-corrected chi connectivity index (χ0v) is 21.6. The third kappa shape index (κ3) is 5.30. The molecule has 0 unspecified atom stereocenters. The second kappa shape index (κ2) is 10.3. The van der Waals surface area contributed by atoms with Crippen molar-refractivity contribution in [3.63, 3.8) is 0 Å². The molecule has 174 valence electrons. The van der Waals surface area contributed by atoms with E-state index in [0.717, 1.165) is 43.7 Å². The molecule has 4 aromatic rings. The molecule has 1 fully saturated rings. The molecular formula is C28H19BrClNO3S. The number of carbonyl (C=O) groups is 2. The molecule has 0 atom stereocenters. The Labute approximate surface area is 220 Å². The molecule has 5 rings (SSSR count). The summed E-state index contributed by atoms with van der Waals surface area (Å²) in [6, 6.07) is 26.8. The first-order chi connectivity index (χ1) is 17.0. The van der Waals surface area contributed by atoms with E-state index >= 15 is 0 Å². The van der Waals surface area contributed by atoms with Gasteiger partial charge in [0.2, 0.25) is 0 Å². The van der Waals surface area contributed by atoms with Gasteiger partial charge in [-0.05, 0) is 70.1 Å². The van der Waals surface area contributed by atoms with Crippen LogP contribution < -0.4 is 4.74 Å². The fourth-order valence-corrected chi connectivity index (χ4v) is 5.04. The SMILES string of the molecule is O=C1S/C(=C/c2c(OCc3ccc(Cl)cc3)ccc3ccccc23)C(=O)N1Cc1ccc(Br)cc1. The van der Waals surface area contributed by atoms with E-state index in [1.165, 1.54) is 4.90 Å². The van der Waals surface area contributed by atoms with Crippen molar-refractivity contribution in [2.45, 2.75) is 13.2 Å². The predicted molar refractivity (Wildman–Crippen MR) is 145 cm³/mol. The molecule has 35 heavy (non-hydrogen) atoms. The van der Waals surface area contributed by atoms with Crippen LogP contribution in [0, 0.1) is 0 Å². The number of halogens is 2. The minimum Gasteiger partial charge on any atom is -0.488 e. The van der Waals surface area contributed by atoms with Gasteiger partial charge in [0.05, 0.1) is 11.4 Å². The van der Waals surface area contributed by atoms with Gasteiger partial charge in [0.15, 0.2) is 0 Å². The van der Waals surface area contributed by atoms with Crippen molar-refractivity contribution in [3.8, 4) is 5.75 Å². The summed E-state index contributed by atoms with van der Waals surface area (Å²) in [5, 5.41) is 2.35. The largest absolute Gasteiger partial charge is 0.488 e. The van der Waals surface area contributed by atoms with Crippen molar-refractivity contribution in [3.05, 3.63) is 116 Å². The van der Waals surface area contributed by atoms with Crippen LogP contribution in [0.15, 0.2) is 94.3 Å². The van der Waals surface area contributed by atoms with E-state index in [1.807, 2.05) is 84.9 Å². The number of amides is 2. The maximum atomic E-state index is 13.2. The van der Waals surface area contributed by atoms with Gasteiger partial charge in [-0.25, -0.2) is 0 Å². The summed E-state index contributed by atoms with van der Waals surface area (Å²) in [5.74, 6) is 0.331. The second-order valence-corrected chi connectivity index (χ2v) is 10.4. The molecule has 1 aliphatic heterocycles. The van der Waals surface area contributed by atoms with E-state index in [4.69, 9.17) is 16.3 Å². The molecule has 0 aliphatic carbocycles. The molecule has 0 spiro atoms. The molecule has 4 aromatic carbocycles. The first-order valence-electron chi connectivity index (χ1n) is 10.9. The van der Waals surface area contributed by atoms with Crippen molar-refractivity contribution in [2.24, 2.45) is 0 Å². The Morgan fingerprint density at radius 2 is 1.60 bits per heavy atom. The van der Waals surface area contributed by atoms with Gasteiger partial charge in [-0.2, -0.15) is 0 Å². The van der Waals surface area contributed by atoms with Crippen LogP contribution in [0.3, 0.4) is 0 Å². The van der Waals surface area contributed by atoms with Gasteiger partial charge < -0.3 is 4.74 Å².